The highest BCUT2D eigenvalue weighted by atomic mass is 16.2. The summed E-state index contributed by atoms with van der Waals surface area (Å²) < 4.78 is 0. The molecule has 1 aliphatic rings. The molecule has 1 heterocycles. The summed E-state index contributed by atoms with van der Waals surface area (Å²) in [6, 6.07) is 0.445. The molecule has 1 fully saturated rings. The van der Waals surface area contributed by atoms with Crippen molar-refractivity contribution in [3.05, 3.63) is 0 Å². The van der Waals surface area contributed by atoms with Crippen LogP contribution in [0.4, 0.5) is 0 Å². The average molecular weight is 297 g/mol. The summed E-state index contributed by atoms with van der Waals surface area (Å²) in [6.45, 7) is 8.63. The molecular formula is C17H35N3O. The lowest BCUT2D eigenvalue weighted by Gasteiger charge is -2.36. The molecule has 0 saturated carbocycles. The number of nitrogens with zero attached hydrogens (tertiary/aromatic N) is 2. The number of nitrogens with two attached hydrogens (primary N) is 1. The summed E-state index contributed by atoms with van der Waals surface area (Å²) in [4.78, 5) is 16.9. The van der Waals surface area contributed by atoms with Crippen LogP contribution >= 0.6 is 0 Å². The van der Waals surface area contributed by atoms with Crippen LogP contribution in [0.1, 0.15) is 58.8 Å². The van der Waals surface area contributed by atoms with Gasteiger partial charge in [-0.3, -0.25) is 4.79 Å². The molecule has 4 nitrogen and oxygen atoms in total. The minimum Gasteiger partial charge on any atom is -0.343 e. The van der Waals surface area contributed by atoms with E-state index in [4.69, 9.17) is 5.73 Å². The summed E-state index contributed by atoms with van der Waals surface area (Å²) in [5.41, 5.74) is 5.63. The second-order valence-electron chi connectivity index (χ2n) is 6.47. The van der Waals surface area contributed by atoms with Crippen LogP contribution in [-0.2, 0) is 4.79 Å². The Morgan fingerprint density at radius 2 is 1.95 bits per heavy atom. The van der Waals surface area contributed by atoms with Crippen LogP contribution in [-0.4, -0.2) is 55.0 Å². The minimum atomic E-state index is 0.319. The highest BCUT2D eigenvalue weighted by Crippen LogP contribution is 2.19. The molecule has 21 heavy (non-hydrogen) atoms. The first-order valence-electron chi connectivity index (χ1n) is 8.80. The van der Waals surface area contributed by atoms with Gasteiger partial charge in [0.1, 0.15) is 0 Å². The summed E-state index contributed by atoms with van der Waals surface area (Å²) >= 11 is 0. The first-order valence-corrected chi connectivity index (χ1v) is 8.80. The molecule has 0 aliphatic carbocycles. The molecule has 0 bridgehead atoms. The molecule has 0 spiro atoms. The van der Waals surface area contributed by atoms with Gasteiger partial charge < -0.3 is 15.5 Å². The van der Waals surface area contributed by atoms with Gasteiger partial charge in [0.15, 0.2) is 0 Å². The van der Waals surface area contributed by atoms with Gasteiger partial charge in [-0.25, -0.2) is 0 Å². The van der Waals surface area contributed by atoms with Crippen LogP contribution in [0.15, 0.2) is 0 Å². The Morgan fingerprint density at radius 3 is 2.48 bits per heavy atom. The van der Waals surface area contributed by atoms with E-state index in [1.807, 2.05) is 11.9 Å². The second-order valence-corrected chi connectivity index (χ2v) is 6.47. The molecule has 0 aromatic carbocycles. The van der Waals surface area contributed by atoms with Gasteiger partial charge in [-0.2, -0.15) is 0 Å². The van der Waals surface area contributed by atoms with Crippen molar-refractivity contribution in [2.75, 3.05) is 33.2 Å². The molecule has 1 amide bonds. The number of likely N-dealkylation sites (tertiary alicyclic amines) is 1. The van der Waals surface area contributed by atoms with Crippen molar-refractivity contribution in [3.8, 4) is 0 Å². The topological polar surface area (TPSA) is 49.6 Å². The van der Waals surface area contributed by atoms with Gasteiger partial charge in [0.05, 0.1) is 0 Å². The van der Waals surface area contributed by atoms with E-state index in [0.29, 0.717) is 24.3 Å². The summed E-state index contributed by atoms with van der Waals surface area (Å²) in [5, 5.41) is 0. The molecule has 0 radical (unpaired) electrons. The normalized spacial score (nSPS) is 18.7. The van der Waals surface area contributed by atoms with Crippen molar-refractivity contribution >= 4 is 5.91 Å². The zero-order chi connectivity index (χ0) is 15.7. The van der Waals surface area contributed by atoms with E-state index in [2.05, 4.69) is 18.7 Å². The maximum absolute atomic E-state index is 12.4. The lowest BCUT2D eigenvalue weighted by Crippen LogP contribution is -2.45. The van der Waals surface area contributed by atoms with Gasteiger partial charge in [-0.05, 0) is 51.1 Å². The van der Waals surface area contributed by atoms with Gasteiger partial charge in [-0.1, -0.05) is 20.3 Å². The number of carbonyl (C=O) groups excluding carboxylic acids is 1. The fourth-order valence-electron chi connectivity index (χ4n) is 3.34. The number of rotatable bonds is 9. The Labute approximate surface area is 131 Å². The van der Waals surface area contributed by atoms with E-state index in [1.54, 1.807) is 0 Å². The highest BCUT2D eigenvalue weighted by molar-refractivity contribution is 5.76. The quantitative estimate of drug-likeness (QED) is 0.711. The van der Waals surface area contributed by atoms with Gasteiger partial charge in [0.2, 0.25) is 5.91 Å². The maximum Gasteiger partial charge on any atom is 0.222 e. The van der Waals surface area contributed by atoms with Crippen molar-refractivity contribution < 1.29 is 4.79 Å². The predicted octanol–water partition coefficient (Wildman–Crippen LogP) is 2.47. The molecule has 1 rings (SSSR count). The molecule has 1 atom stereocenters. The Morgan fingerprint density at radius 1 is 1.29 bits per heavy atom. The van der Waals surface area contributed by atoms with Crippen LogP contribution in [0, 0.1) is 5.92 Å². The zero-order valence-electron chi connectivity index (χ0n) is 14.3. The van der Waals surface area contributed by atoms with E-state index in [9.17, 15) is 4.79 Å². The second kappa shape index (κ2) is 10.2. The fraction of sp³-hybridized carbons (Fsp3) is 0.941. The Hall–Kier alpha value is -0.610. The Bertz CT molecular complexity index is 288. The Balaban J connectivity index is 2.31. The fourth-order valence-corrected chi connectivity index (χ4v) is 3.34. The van der Waals surface area contributed by atoms with Crippen molar-refractivity contribution in [1.29, 1.82) is 0 Å². The monoisotopic (exact) mass is 297 g/mol. The minimum absolute atomic E-state index is 0.319. The molecule has 1 unspecified atom stereocenters. The molecular weight excluding hydrogens is 262 g/mol. The number of piperidine rings is 1. The van der Waals surface area contributed by atoms with Gasteiger partial charge in [-0.15, -0.1) is 0 Å². The first-order chi connectivity index (χ1) is 10.1. The molecule has 0 aromatic heterocycles. The molecule has 4 heteroatoms. The number of carbonyl (C=O) groups is 1. The first kappa shape index (κ1) is 18.4. The molecule has 1 saturated heterocycles. The van der Waals surface area contributed by atoms with E-state index in [-0.39, 0.29) is 0 Å². The third-order valence-electron chi connectivity index (χ3n) is 4.96. The standard InChI is InChI=1S/C17H35N3O/c1-4-12-20-13-9-16(10-14-20)19(3)17(21)7-6-15(5-2)8-11-18/h15-16H,4-14,18H2,1-3H3. The highest BCUT2D eigenvalue weighted by Gasteiger charge is 2.25. The SMILES string of the molecule is CCCN1CCC(N(C)C(=O)CCC(CC)CCN)CC1. The summed E-state index contributed by atoms with van der Waals surface area (Å²) in [6.07, 6.45) is 7.33. The summed E-state index contributed by atoms with van der Waals surface area (Å²) in [5.74, 6) is 0.929. The van der Waals surface area contributed by atoms with Crippen molar-refractivity contribution in [2.24, 2.45) is 11.7 Å². The van der Waals surface area contributed by atoms with Crippen LogP contribution in [0.2, 0.25) is 0 Å². The van der Waals surface area contributed by atoms with Crippen LogP contribution in [0.3, 0.4) is 0 Å². The number of hydrogen-bond acceptors (Lipinski definition) is 3. The largest absolute Gasteiger partial charge is 0.343 e. The summed E-state index contributed by atoms with van der Waals surface area (Å²) in [7, 11) is 1.99. The van der Waals surface area contributed by atoms with E-state index >= 15 is 0 Å². The number of amides is 1. The predicted molar refractivity (Wildman–Crippen MR) is 89.2 cm³/mol. The van der Waals surface area contributed by atoms with Crippen LogP contribution in [0.25, 0.3) is 0 Å². The van der Waals surface area contributed by atoms with Crippen LogP contribution < -0.4 is 5.73 Å². The third kappa shape index (κ3) is 6.35. The third-order valence-corrected chi connectivity index (χ3v) is 4.96. The Kier molecular flexibility index (Phi) is 8.93. The van der Waals surface area contributed by atoms with Gasteiger partial charge in [0.25, 0.3) is 0 Å². The van der Waals surface area contributed by atoms with E-state index < -0.39 is 0 Å². The van der Waals surface area contributed by atoms with E-state index in [0.717, 1.165) is 51.7 Å². The van der Waals surface area contributed by atoms with Gasteiger partial charge >= 0.3 is 0 Å². The molecule has 124 valence electrons. The molecule has 2 N–H and O–H groups in total. The average Bonchev–Trinajstić information content (AvgIpc) is 2.51. The van der Waals surface area contributed by atoms with Gasteiger partial charge in [0, 0.05) is 32.6 Å². The smallest absolute Gasteiger partial charge is 0.222 e. The zero-order valence-corrected chi connectivity index (χ0v) is 14.3. The van der Waals surface area contributed by atoms with Crippen molar-refractivity contribution in [3.63, 3.8) is 0 Å². The van der Waals surface area contributed by atoms with E-state index in [1.165, 1.54) is 13.0 Å². The molecule has 1 aliphatic heterocycles. The lowest BCUT2D eigenvalue weighted by atomic mass is 9.96. The van der Waals surface area contributed by atoms with Crippen molar-refractivity contribution in [2.45, 2.75) is 64.8 Å². The van der Waals surface area contributed by atoms with Crippen LogP contribution in [0.5, 0.6) is 0 Å². The molecule has 0 aromatic rings. The van der Waals surface area contributed by atoms with Crippen molar-refractivity contribution in [1.82, 2.24) is 9.80 Å². The lowest BCUT2D eigenvalue weighted by molar-refractivity contribution is -0.133. The number of hydrogen-bond donors (Lipinski definition) is 1. The maximum atomic E-state index is 12.4.